The summed E-state index contributed by atoms with van der Waals surface area (Å²) < 4.78 is 7.25. The first-order valence-corrected chi connectivity index (χ1v) is 11.0. The summed E-state index contributed by atoms with van der Waals surface area (Å²) in [5.41, 5.74) is 5.04. The minimum absolute atomic E-state index is 0.0296. The maximum Gasteiger partial charge on any atom is 0.166 e. The summed E-state index contributed by atoms with van der Waals surface area (Å²) in [6, 6.07) is 20.0. The van der Waals surface area contributed by atoms with Gasteiger partial charge in [-0.05, 0) is 66.6 Å². The predicted molar refractivity (Wildman–Crippen MR) is 120 cm³/mol. The third-order valence-corrected chi connectivity index (χ3v) is 6.62. The Hall–Kier alpha value is -3.18. The van der Waals surface area contributed by atoms with E-state index < -0.39 is 0 Å². The highest BCUT2D eigenvalue weighted by Gasteiger charge is 2.29. The molecule has 0 spiro atoms. The number of carbonyl (C=O) groups is 1. The first-order valence-electron chi connectivity index (χ1n) is 10.1. The van der Waals surface area contributed by atoms with E-state index in [4.69, 9.17) is 9.84 Å². The van der Waals surface area contributed by atoms with E-state index in [9.17, 15) is 4.79 Å². The lowest BCUT2D eigenvalue weighted by atomic mass is 9.79. The molecule has 2 heterocycles. The Balaban J connectivity index is 1.48. The number of methoxy groups -OCH3 is 1. The number of aromatic nitrogens is 2. The Labute approximate surface area is 179 Å². The number of ether oxygens (including phenoxy) is 1. The van der Waals surface area contributed by atoms with Crippen molar-refractivity contribution in [1.82, 2.24) is 9.78 Å². The maximum atomic E-state index is 13.2. The molecular formula is C25H22N2O2S. The summed E-state index contributed by atoms with van der Waals surface area (Å²) in [7, 11) is 1.66. The molecule has 1 aliphatic carbocycles. The molecule has 0 radical (unpaired) electrons. The van der Waals surface area contributed by atoms with Gasteiger partial charge in [-0.25, -0.2) is 4.68 Å². The van der Waals surface area contributed by atoms with Crippen LogP contribution in [0.4, 0.5) is 0 Å². The summed E-state index contributed by atoms with van der Waals surface area (Å²) in [6.07, 6.45) is 4.52. The third kappa shape index (κ3) is 3.46. The van der Waals surface area contributed by atoms with Crippen molar-refractivity contribution in [1.29, 1.82) is 0 Å². The van der Waals surface area contributed by atoms with E-state index in [0.717, 1.165) is 51.5 Å². The van der Waals surface area contributed by atoms with E-state index in [1.165, 1.54) is 0 Å². The van der Waals surface area contributed by atoms with Gasteiger partial charge in [0.05, 0.1) is 17.7 Å². The van der Waals surface area contributed by atoms with Gasteiger partial charge in [-0.1, -0.05) is 24.3 Å². The zero-order valence-electron chi connectivity index (χ0n) is 16.7. The van der Waals surface area contributed by atoms with Crippen molar-refractivity contribution in [3.05, 3.63) is 88.9 Å². The quantitative estimate of drug-likeness (QED) is 0.427. The average molecular weight is 415 g/mol. The molecule has 2 aromatic carbocycles. The van der Waals surface area contributed by atoms with Gasteiger partial charge in [-0.3, -0.25) is 4.79 Å². The lowest BCUT2D eigenvalue weighted by Gasteiger charge is -2.23. The van der Waals surface area contributed by atoms with Crippen molar-refractivity contribution < 1.29 is 9.53 Å². The number of ketones is 1. The van der Waals surface area contributed by atoms with Crippen molar-refractivity contribution in [2.45, 2.75) is 19.3 Å². The molecule has 0 saturated heterocycles. The molecule has 5 heteroatoms. The van der Waals surface area contributed by atoms with Gasteiger partial charge >= 0.3 is 0 Å². The van der Waals surface area contributed by atoms with Crippen LogP contribution < -0.4 is 4.74 Å². The number of benzene rings is 2. The van der Waals surface area contributed by atoms with Crippen molar-refractivity contribution in [2.75, 3.05) is 7.11 Å². The summed E-state index contributed by atoms with van der Waals surface area (Å²) in [4.78, 5) is 14.4. The van der Waals surface area contributed by atoms with Gasteiger partial charge in [-0.2, -0.15) is 5.10 Å². The molecule has 4 nitrogen and oxygen atoms in total. The van der Waals surface area contributed by atoms with Gasteiger partial charge in [-0.15, -0.1) is 11.3 Å². The van der Waals surface area contributed by atoms with Crippen LogP contribution >= 0.6 is 11.3 Å². The Bertz CT molecular complexity index is 1180. The molecule has 4 aromatic rings. The number of nitrogens with zero attached hydrogens (tertiary/aromatic N) is 2. The van der Waals surface area contributed by atoms with Crippen LogP contribution in [0.2, 0.25) is 0 Å². The average Bonchev–Trinajstić information content (AvgIpc) is 3.46. The molecule has 0 amide bonds. The van der Waals surface area contributed by atoms with E-state index >= 15 is 0 Å². The van der Waals surface area contributed by atoms with Crippen molar-refractivity contribution in [2.24, 2.45) is 5.92 Å². The Morgan fingerprint density at radius 2 is 2.00 bits per heavy atom. The number of fused-ring (bicyclic) bond motifs is 1. The highest BCUT2D eigenvalue weighted by atomic mass is 32.1. The fourth-order valence-corrected chi connectivity index (χ4v) is 4.92. The van der Waals surface area contributed by atoms with Crippen LogP contribution in [0.1, 0.15) is 27.9 Å². The molecule has 150 valence electrons. The van der Waals surface area contributed by atoms with Crippen LogP contribution in [-0.4, -0.2) is 22.7 Å². The SMILES string of the molecule is COc1ccc2c(c1)CCC(Cc1cn(-c3ccccc3)nc1-c1cccs1)C2=O. The predicted octanol–water partition coefficient (Wildman–Crippen LogP) is 5.60. The maximum absolute atomic E-state index is 13.2. The second kappa shape index (κ2) is 7.92. The Morgan fingerprint density at radius 3 is 2.77 bits per heavy atom. The normalized spacial score (nSPS) is 15.8. The largest absolute Gasteiger partial charge is 0.497 e. The van der Waals surface area contributed by atoms with Crippen LogP contribution in [-0.2, 0) is 12.8 Å². The number of carbonyl (C=O) groups excluding carboxylic acids is 1. The third-order valence-electron chi connectivity index (χ3n) is 5.74. The Kier molecular flexibility index (Phi) is 4.97. The van der Waals surface area contributed by atoms with E-state index in [-0.39, 0.29) is 11.7 Å². The highest BCUT2D eigenvalue weighted by Crippen LogP contribution is 2.34. The number of Topliss-reactive ketones (excluding diaryl/α,β-unsaturated/α-hetero) is 1. The van der Waals surface area contributed by atoms with Crippen LogP contribution in [0.5, 0.6) is 5.75 Å². The molecule has 0 bridgehead atoms. The molecule has 1 unspecified atom stereocenters. The van der Waals surface area contributed by atoms with Crippen molar-refractivity contribution in [3.63, 3.8) is 0 Å². The number of thiophene rings is 1. The van der Waals surface area contributed by atoms with Crippen molar-refractivity contribution >= 4 is 17.1 Å². The molecular weight excluding hydrogens is 392 g/mol. The molecule has 0 aliphatic heterocycles. The summed E-state index contributed by atoms with van der Waals surface area (Å²) >= 11 is 1.68. The smallest absolute Gasteiger partial charge is 0.166 e. The van der Waals surface area contributed by atoms with E-state index in [2.05, 4.69) is 17.6 Å². The fraction of sp³-hybridized carbons (Fsp3) is 0.200. The second-order valence-corrected chi connectivity index (χ2v) is 8.54. The number of hydrogen-bond donors (Lipinski definition) is 0. The molecule has 1 aliphatic rings. The molecule has 1 atom stereocenters. The zero-order valence-corrected chi connectivity index (χ0v) is 17.6. The standard InChI is InChI=1S/C25H22N2O2S/c1-29-21-11-12-22-17(15-21)9-10-18(25(22)28)14-19-16-27(20-6-3-2-4-7-20)26-24(19)23-8-5-13-30-23/h2-8,11-13,15-16,18H,9-10,14H2,1H3. The lowest BCUT2D eigenvalue weighted by molar-refractivity contribution is 0.0901. The second-order valence-electron chi connectivity index (χ2n) is 7.59. The first kappa shape index (κ1) is 18.8. The molecule has 0 N–H and O–H groups in total. The monoisotopic (exact) mass is 414 g/mol. The van der Waals surface area contributed by atoms with Gasteiger partial charge in [0.2, 0.25) is 0 Å². The number of aryl methyl sites for hydroxylation is 1. The van der Waals surface area contributed by atoms with Crippen molar-refractivity contribution in [3.8, 4) is 22.0 Å². The van der Waals surface area contributed by atoms with Crippen LogP contribution in [0, 0.1) is 5.92 Å². The lowest BCUT2D eigenvalue weighted by Crippen LogP contribution is -2.24. The minimum atomic E-state index is -0.0296. The van der Waals surface area contributed by atoms with Gasteiger partial charge in [0.1, 0.15) is 11.4 Å². The molecule has 2 aromatic heterocycles. The van der Waals surface area contributed by atoms with Gasteiger partial charge in [0, 0.05) is 23.2 Å². The highest BCUT2D eigenvalue weighted by molar-refractivity contribution is 7.13. The molecule has 0 fully saturated rings. The first-order chi connectivity index (χ1) is 14.7. The summed E-state index contributed by atoms with van der Waals surface area (Å²) in [5.74, 6) is 1.01. The van der Waals surface area contributed by atoms with E-state index in [1.54, 1.807) is 18.4 Å². The summed E-state index contributed by atoms with van der Waals surface area (Å²) in [5, 5.41) is 6.95. The van der Waals surface area contributed by atoms with Crippen LogP contribution in [0.15, 0.2) is 72.2 Å². The molecule has 30 heavy (non-hydrogen) atoms. The zero-order chi connectivity index (χ0) is 20.5. The number of rotatable bonds is 5. The van der Waals surface area contributed by atoms with Gasteiger partial charge < -0.3 is 4.74 Å². The number of hydrogen-bond acceptors (Lipinski definition) is 4. The Morgan fingerprint density at radius 1 is 1.13 bits per heavy atom. The van der Waals surface area contributed by atoms with Crippen LogP contribution in [0.25, 0.3) is 16.3 Å². The molecule has 5 rings (SSSR count). The topological polar surface area (TPSA) is 44.1 Å². The van der Waals surface area contributed by atoms with Gasteiger partial charge in [0.25, 0.3) is 0 Å². The van der Waals surface area contributed by atoms with E-state index in [1.807, 2.05) is 59.3 Å². The van der Waals surface area contributed by atoms with Crippen LogP contribution in [0.3, 0.4) is 0 Å². The minimum Gasteiger partial charge on any atom is -0.497 e. The van der Waals surface area contributed by atoms with Gasteiger partial charge in [0.15, 0.2) is 5.78 Å². The van der Waals surface area contributed by atoms with E-state index in [0.29, 0.717) is 6.42 Å². The number of para-hydroxylation sites is 1. The summed E-state index contributed by atoms with van der Waals surface area (Å²) in [6.45, 7) is 0. The molecule has 0 saturated carbocycles. The fourth-order valence-electron chi connectivity index (χ4n) is 4.18.